The van der Waals surface area contributed by atoms with Gasteiger partial charge >= 0.3 is 0 Å². The normalized spacial score (nSPS) is 15.2. The Bertz CT molecular complexity index is 1550. The van der Waals surface area contributed by atoms with Crippen LogP contribution in [0.4, 0.5) is 13.9 Å². The number of hydrogen-bond acceptors (Lipinski definition) is 11. The molecule has 1 aliphatic rings. The Labute approximate surface area is 228 Å². The molecular formula is C24H22F2N6O5S2. The van der Waals surface area contributed by atoms with Crippen LogP contribution < -0.4 is 15.6 Å². The summed E-state index contributed by atoms with van der Waals surface area (Å²) in [6.07, 6.45) is -0.485. The molecule has 0 aliphatic carbocycles. The highest BCUT2D eigenvalue weighted by Crippen LogP contribution is 2.36. The number of amides is 1. The van der Waals surface area contributed by atoms with Gasteiger partial charge in [0.1, 0.15) is 12.3 Å². The topological polar surface area (TPSA) is 134 Å². The molecule has 1 amide bonds. The third kappa shape index (κ3) is 6.15. The van der Waals surface area contributed by atoms with Crippen molar-refractivity contribution in [2.75, 3.05) is 25.6 Å². The van der Waals surface area contributed by atoms with Gasteiger partial charge in [0.2, 0.25) is 16.9 Å². The number of halogens is 2. The number of alkyl halides is 2. The van der Waals surface area contributed by atoms with Crippen LogP contribution in [0.1, 0.15) is 40.5 Å². The quantitative estimate of drug-likeness (QED) is 0.289. The van der Waals surface area contributed by atoms with E-state index in [-0.39, 0.29) is 50.8 Å². The molecule has 0 bridgehead atoms. The van der Waals surface area contributed by atoms with Gasteiger partial charge < -0.3 is 18.5 Å². The van der Waals surface area contributed by atoms with Gasteiger partial charge in [0.25, 0.3) is 17.9 Å². The number of aryl methyl sites for hydroxylation is 1. The van der Waals surface area contributed by atoms with Crippen molar-refractivity contribution in [2.24, 2.45) is 0 Å². The molecule has 0 saturated carbocycles. The Morgan fingerprint density at radius 2 is 2.10 bits per heavy atom. The summed E-state index contributed by atoms with van der Waals surface area (Å²) in [7, 11) is 1.38. The molecule has 0 radical (unpaired) electrons. The van der Waals surface area contributed by atoms with Gasteiger partial charge in [0.15, 0.2) is 4.34 Å². The number of rotatable bonds is 9. The fourth-order valence-electron chi connectivity index (χ4n) is 3.94. The maximum Gasteiger partial charge on any atom is 0.263 e. The van der Waals surface area contributed by atoms with Crippen LogP contribution in [0.15, 0.2) is 44.0 Å². The molecule has 0 spiro atoms. The number of benzene rings is 1. The monoisotopic (exact) mass is 576 g/mol. The van der Waals surface area contributed by atoms with Gasteiger partial charge in [-0.05, 0) is 24.6 Å². The van der Waals surface area contributed by atoms with Crippen LogP contribution in [0.3, 0.4) is 0 Å². The first-order valence-corrected chi connectivity index (χ1v) is 13.4. The molecule has 1 fully saturated rings. The summed E-state index contributed by atoms with van der Waals surface area (Å²) < 4.78 is 45.3. The van der Waals surface area contributed by atoms with Crippen molar-refractivity contribution in [1.82, 2.24) is 25.0 Å². The lowest BCUT2D eigenvalue weighted by atomic mass is 9.98. The third-order valence-corrected chi connectivity index (χ3v) is 7.95. The van der Waals surface area contributed by atoms with E-state index in [0.717, 1.165) is 12.5 Å². The summed E-state index contributed by atoms with van der Waals surface area (Å²) in [6, 6.07) is 4.97. The van der Waals surface area contributed by atoms with E-state index in [9.17, 15) is 18.4 Å². The highest BCUT2D eigenvalue weighted by molar-refractivity contribution is 8.01. The molecule has 15 heteroatoms. The van der Waals surface area contributed by atoms with Crippen molar-refractivity contribution in [3.63, 3.8) is 0 Å². The van der Waals surface area contributed by atoms with Crippen molar-refractivity contribution in [3.05, 3.63) is 63.7 Å². The molecule has 1 unspecified atom stereocenters. The Kier molecular flexibility index (Phi) is 7.99. The van der Waals surface area contributed by atoms with Crippen LogP contribution in [0.5, 0.6) is 5.75 Å². The number of methoxy groups -OCH3 is 1. The molecule has 1 N–H and O–H groups in total. The van der Waals surface area contributed by atoms with Crippen molar-refractivity contribution in [2.45, 2.75) is 35.9 Å². The molecule has 3 aromatic heterocycles. The van der Waals surface area contributed by atoms with Crippen LogP contribution in [0, 0.1) is 6.92 Å². The average molecular weight is 577 g/mol. The van der Waals surface area contributed by atoms with Gasteiger partial charge in [-0.15, -0.1) is 20.4 Å². The van der Waals surface area contributed by atoms with Gasteiger partial charge in [-0.3, -0.25) is 14.9 Å². The molecule has 1 aromatic carbocycles. The first kappa shape index (κ1) is 26.9. The number of anilines is 1. The smallest absolute Gasteiger partial charge is 0.263 e. The molecule has 1 aliphatic heterocycles. The zero-order chi connectivity index (χ0) is 27.5. The van der Waals surface area contributed by atoms with Crippen LogP contribution in [-0.4, -0.2) is 56.4 Å². The number of nitrogens with one attached hydrogen (secondary N) is 1. The lowest BCUT2D eigenvalue weighted by Gasteiger charge is -2.16. The lowest BCUT2D eigenvalue weighted by molar-refractivity contribution is 0.102. The van der Waals surface area contributed by atoms with Gasteiger partial charge in [-0.1, -0.05) is 23.1 Å². The van der Waals surface area contributed by atoms with Crippen molar-refractivity contribution in [1.29, 1.82) is 0 Å². The predicted molar refractivity (Wildman–Crippen MR) is 139 cm³/mol. The average Bonchev–Trinajstić information content (AvgIpc) is 3.68. The second-order valence-electron chi connectivity index (χ2n) is 8.47. The summed E-state index contributed by atoms with van der Waals surface area (Å²) in [5.41, 5.74) is -0.491. The number of ether oxygens (including phenoxy) is 2. The zero-order valence-electron chi connectivity index (χ0n) is 20.7. The molecule has 5 rings (SSSR count). The summed E-state index contributed by atoms with van der Waals surface area (Å²) in [5.74, 6) is 0.0539. The first-order chi connectivity index (χ1) is 18.8. The van der Waals surface area contributed by atoms with Gasteiger partial charge in [0.05, 0.1) is 19.3 Å². The second-order valence-corrected chi connectivity index (χ2v) is 11.0. The summed E-state index contributed by atoms with van der Waals surface area (Å²) in [4.78, 5) is 26.4. The maximum absolute atomic E-state index is 13.6. The third-order valence-electron chi connectivity index (χ3n) is 5.79. The summed E-state index contributed by atoms with van der Waals surface area (Å²) in [5, 5.41) is 19.0. The number of thioether (sulfide) groups is 1. The first-order valence-electron chi connectivity index (χ1n) is 11.7. The fourth-order valence-corrected chi connectivity index (χ4v) is 6.00. The Morgan fingerprint density at radius 1 is 1.26 bits per heavy atom. The number of carbonyl (C=O) groups excluding carboxylic acids is 1. The van der Waals surface area contributed by atoms with E-state index < -0.39 is 17.9 Å². The fraction of sp³-hybridized carbons (Fsp3) is 0.333. The molecule has 1 atom stereocenters. The Hall–Kier alpha value is -3.69. The molecular weight excluding hydrogens is 554 g/mol. The van der Waals surface area contributed by atoms with E-state index in [1.54, 1.807) is 6.92 Å². The molecule has 204 valence electrons. The minimum Gasteiger partial charge on any atom is -0.496 e. The van der Waals surface area contributed by atoms with E-state index in [4.69, 9.17) is 13.9 Å². The second kappa shape index (κ2) is 11.6. The predicted octanol–water partition coefficient (Wildman–Crippen LogP) is 4.19. The van der Waals surface area contributed by atoms with Crippen molar-refractivity contribution < 1.29 is 27.5 Å². The highest BCUT2D eigenvalue weighted by atomic mass is 32.2. The summed E-state index contributed by atoms with van der Waals surface area (Å²) >= 11 is 2.71. The zero-order valence-corrected chi connectivity index (χ0v) is 22.4. The number of hydrogen-bond donors (Lipinski definition) is 1. The van der Waals surface area contributed by atoms with Crippen LogP contribution in [0.2, 0.25) is 0 Å². The largest absolute Gasteiger partial charge is 0.496 e. The lowest BCUT2D eigenvalue weighted by Crippen LogP contribution is -2.24. The number of carbonyl (C=O) groups is 1. The number of pyridine rings is 1. The van der Waals surface area contributed by atoms with E-state index in [0.29, 0.717) is 23.4 Å². The van der Waals surface area contributed by atoms with E-state index in [1.165, 1.54) is 59.2 Å². The van der Waals surface area contributed by atoms with E-state index >= 15 is 0 Å². The number of nitrogens with zero attached hydrogens (tertiary/aromatic N) is 5. The Balaban J connectivity index is 1.52. The minimum atomic E-state index is -2.76. The molecule has 4 aromatic rings. The highest BCUT2D eigenvalue weighted by Gasteiger charge is 2.23. The number of aromatic nitrogens is 5. The summed E-state index contributed by atoms with van der Waals surface area (Å²) in [6.45, 7) is 2.83. The molecule has 4 heterocycles. The van der Waals surface area contributed by atoms with Crippen molar-refractivity contribution >= 4 is 34.1 Å². The van der Waals surface area contributed by atoms with Crippen LogP contribution >= 0.6 is 23.1 Å². The van der Waals surface area contributed by atoms with Gasteiger partial charge in [0, 0.05) is 47.7 Å². The maximum atomic E-state index is 13.6. The van der Waals surface area contributed by atoms with Crippen LogP contribution in [-0.2, 0) is 11.3 Å². The van der Waals surface area contributed by atoms with Gasteiger partial charge in [-0.25, -0.2) is 8.78 Å². The standard InChI is InChI=1S/C24H22F2N6O5S2/c1-12-28-29-19(37-12)10-32-9-17(15-7-13(21(25)26)3-4-18(15)35-2)16(8-20(32)33)22(34)27-23-30-31-24(39-23)38-14-5-6-36-11-14/h3-4,7-9,14,21H,5-6,10-11H2,1-2H3,(H,27,30,34). The van der Waals surface area contributed by atoms with E-state index in [1.807, 2.05) is 0 Å². The van der Waals surface area contributed by atoms with Crippen LogP contribution in [0.25, 0.3) is 11.1 Å². The SMILES string of the molecule is COc1ccc(C(F)F)cc1-c1cn(Cc2nnc(C)o2)c(=O)cc1C(=O)Nc1nnc(SC2CCOC2)s1. The Morgan fingerprint density at radius 3 is 2.79 bits per heavy atom. The van der Waals surface area contributed by atoms with E-state index in [2.05, 4.69) is 25.7 Å². The molecule has 1 saturated heterocycles. The minimum absolute atomic E-state index is 0.0590. The van der Waals surface area contributed by atoms with Gasteiger partial charge in [-0.2, -0.15) is 0 Å². The molecule has 11 nitrogen and oxygen atoms in total. The molecule has 39 heavy (non-hydrogen) atoms. The van der Waals surface area contributed by atoms with Crippen molar-refractivity contribution in [3.8, 4) is 16.9 Å².